The van der Waals surface area contributed by atoms with E-state index in [1.54, 1.807) is 36.3 Å². The molecule has 0 bridgehead atoms. The van der Waals surface area contributed by atoms with Crippen molar-refractivity contribution in [2.24, 2.45) is 0 Å². The third kappa shape index (κ3) is 10.6. The molecule has 7 rings (SSSR count). The van der Waals surface area contributed by atoms with Crippen molar-refractivity contribution >= 4 is 71.1 Å². The number of ether oxygens (including phenoxy) is 1. The number of aromatic nitrogens is 2. The number of nitrogens with zero attached hydrogens (tertiary/aromatic N) is 4. The van der Waals surface area contributed by atoms with Crippen LogP contribution in [0.3, 0.4) is 0 Å². The Labute approximate surface area is 368 Å². The van der Waals surface area contributed by atoms with Crippen molar-refractivity contribution in [2.45, 2.75) is 89.3 Å². The second kappa shape index (κ2) is 20.9. The van der Waals surface area contributed by atoms with E-state index in [1.807, 2.05) is 24.3 Å². The summed E-state index contributed by atoms with van der Waals surface area (Å²) in [5, 5.41) is 13.2. The Bertz CT molecular complexity index is 2280. The first-order chi connectivity index (χ1) is 30.1. The van der Waals surface area contributed by atoms with Crippen molar-refractivity contribution < 1.29 is 32.7 Å². The fourth-order valence-corrected chi connectivity index (χ4v) is 9.89. The SMILES string of the molecule is COc1cc(N2CCC(NCCCCCCCCc3cccc4c3CN(C3CCC(=O)NC3=O)C4=O)CC2)ccc1Nc1ncc(Cl)c(Nc2ccccc2P(=O)(OC)OC)n1. The number of carbonyl (C=O) groups is 3. The molecular formula is C45H56ClN8O7P. The maximum atomic E-state index is 13.2. The van der Waals surface area contributed by atoms with Crippen LogP contribution in [-0.4, -0.2) is 85.6 Å². The lowest BCUT2D eigenvalue weighted by Crippen LogP contribution is -2.52. The van der Waals surface area contributed by atoms with Crippen molar-refractivity contribution in [3.63, 3.8) is 0 Å². The van der Waals surface area contributed by atoms with E-state index in [1.165, 1.54) is 45.2 Å². The minimum absolute atomic E-state index is 0.112. The Morgan fingerprint density at radius 1 is 0.871 bits per heavy atom. The topological polar surface area (TPSA) is 176 Å². The van der Waals surface area contributed by atoms with Crippen molar-refractivity contribution in [1.29, 1.82) is 0 Å². The number of amides is 3. The summed E-state index contributed by atoms with van der Waals surface area (Å²) >= 11 is 6.48. The van der Waals surface area contributed by atoms with Crippen molar-refractivity contribution in [1.82, 2.24) is 25.5 Å². The molecule has 1 aromatic heterocycles. The molecule has 62 heavy (non-hydrogen) atoms. The van der Waals surface area contributed by atoms with Gasteiger partial charge in [-0.05, 0) is 86.5 Å². The maximum absolute atomic E-state index is 13.2. The lowest BCUT2D eigenvalue weighted by Gasteiger charge is -2.34. The summed E-state index contributed by atoms with van der Waals surface area (Å²) in [5.74, 6) is 0.502. The number of hydrogen-bond donors (Lipinski definition) is 4. The number of nitrogens with one attached hydrogen (secondary N) is 4. The van der Waals surface area contributed by atoms with Gasteiger partial charge in [-0.1, -0.05) is 61.5 Å². The van der Waals surface area contributed by atoms with Gasteiger partial charge in [0.05, 0.1) is 30.0 Å². The van der Waals surface area contributed by atoms with Crippen LogP contribution in [0.15, 0.2) is 66.9 Å². The smallest absolute Gasteiger partial charge is 0.362 e. The Kier molecular flexibility index (Phi) is 15.2. The summed E-state index contributed by atoms with van der Waals surface area (Å²) < 4.78 is 29.4. The molecule has 17 heteroatoms. The monoisotopic (exact) mass is 886 g/mol. The molecular weight excluding hydrogens is 831 g/mol. The van der Waals surface area contributed by atoms with Gasteiger partial charge in [-0.15, -0.1) is 0 Å². The van der Waals surface area contributed by atoms with Crippen LogP contribution in [0, 0.1) is 0 Å². The van der Waals surface area contributed by atoms with Gasteiger partial charge in [-0.25, -0.2) is 4.98 Å². The standard InChI is InChI=1S/C45H56ClN8O7P/c1-59-39-27-32(18-19-36(39)50-45-48-28-35(46)42(52-45)49-37-16-9-10-17-40(37)62(58,60-2)61-3)53-25-22-31(23-26-53)47-24-11-7-5-4-6-8-13-30-14-12-15-33-34(30)29-54(44(33)57)38-20-21-41(55)51-43(38)56/h9-10,12,14-19,27-28,31,38,47H,4-8,11,13,20-26,29H2,1-3H3,(H,51,55,56)(H2,48,49,50,52). The summed E-state index contributed by atoms with van der Waals surface area (Å²) in [5.41, 5.74) is 5.17. The van der Waals surface area contributed by atoms with Crippen LogP contribution < -0.4 is 36.2 Å². The number of piperidine rings is 2. The number of rotatable bonds is 20. The molecule has 4 N–H and O–H groups in total. The third-order valence-electron chi connectivity index (χ3n) is 12.0. The summed E-state index contributed by atoms with van der Waals surface area (Å²) in [7, 11) is 0.752. The Morgan fingerprint density at radius 2 is 1.63 bits per heavy atom. The molecule has 15 nitrogen and oxygen atoms in total. The minimum Gasteiger partial charge on any atom is -0.494 e. The van der Waals surface area contributed by atoms with E-state index < -0.39 is 13.6 Å². The number of para-hydroxylation sites is 1. The molecule has 0 radical (unpaired) electrons. The van der Waals surface area contributed by atoms with Gasteiger partial charge in [0.25, 0.3) is 5.91 Å². The van der Waals surface area contributed by atoms with E-state index in [-0.39, 0.29) is 29.2 Å². The molecule has 2 saturated heterocycles. The number of unbranched alkanes of at least 4 members (excludes halogenated alkanes) is 5. The molecule has 4 heterocycles. The molecule has 2 fully saturated rings. The van der Waals surface area contributed by atoms with Gasteiger partial charge in [0.1, 0.15) is 16.8 Å². The van der Waals surface area contributed by atoms with Gasteiger partial charge >= 0.3 is 7.60 Å². The van der Waals surface area contributed by atoms with E-state index in [0.717, 1.165) is 69.4 Å². The highest BCUT2D eigenvalue weighted by molar-refractivity contribution is 7.62. The van der Waals surface area contributed by atoms with Crippen LogP contribution in [0.2, 0.25) is 5.02 Å². The van der Waals surface area contributed by atoms with Crippen LogP contribution >= 0.6 is 19.2 Å². The number of hydrogen-bond acceptors (Lipinski definition) is 13. The van der Waals surface area contributed by atoms with Crippen molar-refractivity contribution in [3.8, 4) is 5.75 Å². The predicted octanol–water partition coefficient (Wildman–Crippen LogP) is 7.64. The summed E-state index contributed by atoms with van der Waals surface area (Å²) in [6.45, 7) is 3.33. The Hall–Kier alpha value is -5.05. The molecule has 3 aliphatic rings. The zero-order chi connectivity index (χ0) is 43.6. The average molecular weight is 887 g/mol. The largest absolute Gasteiger partial charge is 0.494 e. The highest BCUT2D eigenvalue weighted by atomic mass is 35.5. The van der Waals surface area contributed by atoms with Crippen LogP contribution in [0.4, 0.5) is 28.8 Å². The first-order valence-corrected chi connectivity index (χ1v) is 23.3. The quantitative estimate of drug-likeness (QED) is 0.0388. The molecule has 4 aromatic rings. The molecule has 0 saturated carbocycles. The summed E-state index contributed by atoms with van der Waals surface area (Å²) in [6.07, 6.45) is 12.1. The number of halogens is 1. The summed E-state index contributed by atoms with van der Waals surface area (Å²) in [6, 6.07) is 18.8. The van der Waals surface area contributed by atoms with Gasteiger partial charge in [0.15, 0.2) is 5.82 Å². The van der Waals surface area contributed by atoms with Gasteiger partial charge < -0.3 is 39.5 Å². The van der Waals surface area contributed by atoms with E-state index in [0.29, 0.717) is 58.8 Å². The normalized spacial score (nSPS) is 17.0. The van der Waals surface area contributed by atoms with Crippen LogP contribution in [0.5, 0.6) is 5.75 Å². The fourth-order valence-electron chi connectivity index (χ4n) is 8.51. The van der Waals surface area contributed by atoms with E-state index >= 15 is 0 Å². The molecule has 1 atom stereocenters. The van der Waals surface area contributed by atoms with Crippen LogP contribution in [0.25, 0.3) is 0 Å². The lowest BCUT2D eigenvalue weighted by atomic mass is 9.98. The van der Waals surface area contributed by atoms with Gasteiger partial charge in [-0.3, -0.25) is 24.3 Å². The Balaban J connectivity index is 0.805. The molecule has 0 aliphatic carbocycles. The zero-order valence-corrected chi connectivity index (χ0v) is 37.2. The molecule has 330 valence electrons. The number of anilines is 5. The van der Waals surface area contributed by atoms with E-state index in [4.69, 9.17) is 25.4 Å². The van der Waals surface area contributed by atoms with Gasteiger partial charge in [0.2, 0.25) is 17.8 Å². The number of imide groups is 1. The molecule has 3 amide bonds. The van der Waals surface area contributed by atoms with Crippen LogP contribution in [0.1, 0.15) is 85.7 Å². The van der Waals surface area contributed by atoms with E-state index in [2.05, 4.69) is 48.3 Å². The zero-order valence-electron chi connectivity index (χ0n) is 35.6. The predicted molar refractivity (Wildman–Crippen MR) is 241 cm³/mol. The second-order valence-corrected chi connectivity index (χ2v) is 18.4. The Morgan fingerprint density at radius 3 is 2.39 bits per heavy atom. The number of carbonyl (C=O) groups excluding carboxylic acids is 3. The maximum Gasteiger partial charge on any atom is 0.362 e. The highest BCUT2D eigenvalue weighted by Crippen LogP contribution is 2.47. The first-order valence-electron chi connectivity index (χ1n) is 21.4. The van der Waals surface area contributed by atoms with Crippen molar-refractivity contribution in [3.05, 3.63) is 88.6 Å². The molecule has 1 unspecified atom stereocenters. The highest BCUT2D eigenvalue weighted by Gasteiger charge is 2.39. The van der Waals surface area contributed by atoms with Crippen LogP contribution in [-0.2, 0) is 36.2 Å². The fraction of sp³-hybridized carbons (Fsp3) is 0.444. The molecule has 3 aliphatic heterocycles. The lowest BCUT2D eigenvalue weighted by molar-refractivity contribution is -0.136. The van der Waals surface area contributed by atoms with Gasteiger partial charge in [0, 0.05) is 63.6 Å². The average Bonchev–Trinajstić information content (AvgIpc) is 3.63. The second-order valence-electron chi connectivity index (χ2n) is 15.8. The number of benzene rings is 3. The first kappa shape index (κ1) is 45.0. The third-order valence-corrected chi connectivity index (χ3v) is 14.2. The summed E-state index contributed by atoms with van der Waals surface area (Å²) in [4.78, 5) is 50.2. The number of aryl methyl sites for hydroxylation is 1. The number of fused-ring (bicyclic) bond motifs is 1. The molecule has 0 spiro atoms. The van der Waals surface area contributed by atoms with E-state index in [9.17, 15) is 18.9 Å². The van der Waals surface area contributed by atoms with Gasteiger partial charge in [-0.2, -0.15) is 4.98 Å². The number of methoxy groups -OCH3 is 1. The molecule has 3 aromatic carbocycles. The minimum atomic E-state index is -3.56. The van der Waals surface area contributed by atoms with Crippen molar-refractivity contribution in [2.75, 3.05) is 56.5 Å².